The van der Waals surface area contributed by atoms with E-state index in [2.05, 4.69) is 0 Å². The second-order valence-corrected chi connectivity index (χ2v) is 10.8. The molecule has 4 heterocycles. The molecule has 0 radical (unpaired) electrons. The van der Waals surface area contributed by atoms with Crippen molar-refractivity contribution in [3.63, 3.8) is 0 Å². The van der Waals surface area contributed by atoms with Crippen molar-refractivity contribution in [1.29, 1.82) is 0 Å². The molecular weight excluding hydrogens is 579 g/mol. The highest BCUT2D eigenvalue weighted by atomic mass is 31.2. The summed E-state index contributed by atoms with van der Waals surface area (Å²) < 4.78 is 35.9. The molecule has 2 aliphatic rings. The molecule has 0 bridgehead atoms. The fourth-order valence-electron chi connectivity index (χ4n) is 4.70. The standard InChI is InChI=1S/C21H29N4O15P/c26-6-9(28)5-10-17(11(7-27)38-18(10)24-3-1-13(29)22-20(24)33)40-41(35,36)37-8-12-15(31)16(32)19(39-12)25-4-2-14(30)23-21(25)34/h1-4,9-12,15-19,26-28,31-32H,5-8H2,(H,35,36)(H,22,29,33)(H,23,30,34)/t9?,10-,11-,12-,15-,16-,17+,18-,19-/m1/s1. The van der Waals surface area contributed by atoms with E-state index < -0.39 is 105 Å². The highest BCUT2D eigenvalue weighted by Crippen LogP contribution is 2.51. The summed E-state index contributed by atoms with van der Waals surface area (Å²) in [5.74, 6) is -1.14. The molecular formula is C21H29N4O15P. The lowest BCUT2D eigenvalue weighted by molar-refractivity contribution is -0.0614. The predicted molar refractivity (Wildman–Crippen MR) is 131 cm³/mol. The molecule has 2 aromatic rings. The highest BCUT2D eigenvalue weighted by Gasteiger charge is 2.51. The number of H-pyrrole nitrogens is 2. The zero-order valence-electron chi connectivity index (χ0n) is 21.0. The van der Waals surface area contributed by atoms with E-state index in [1.807, 2.05) is 9.97 Å². The van der Waals surface area contributed by atoms with Crippen LogP contribution in [0.15, 0.2) is 43.7 Å². The molecule has 41 heavy (non-hydrogen) atoms. The van der Waals surface area contributed by atoms with E-state index >= 15 is 0 Å². The largest absolute Gasteiger partial charge is 0.472 e. The van der Waals surface area contributed by atoms with Crippen LogP contribution in [0.5, 0.6) is 0 Å². The van der Waals surface area contributed by atoms with Gasteiger partial charge in [-0.25, -0.2) is 14.2 Å². The summed E-state index contributed by atoms with van der Waals surface area (Å²) in [5, 5.41) is 50.0. The predicted octanol–water partition coefficient (Wildman–Crippen LogP) is -4.54. The van der Waals surface area contributed by atoms with Crippen LogP contribution >= 0.6 is 7.82 Å². The highest BCUT2D eigenvalue weighted by molar-refractivity contribution is 7.47. The Balaban J connectivity index is 1.51. The maximum Gasteiger partial charge on any atom is 0.472 e. The van der Waals surface area contributed by atoms with Crippen molar-refractivity contribution in [2.24, 2.45) is 5.92 Å². The Morgan fingerprint density at radius 2 is 1.49 bits per heavy atom. The SMILES string of the molecule is O=c1ccn([C@@H]2O[C@H](COP(=O)(O)O[C@H]3[C@@H](CC(O)CO)[C@H](n4ccc(=O)[nH]c4=O)O[C@@H]3CO)[C@@H](O)[C@H]2O)c(=O)[nH]1. The van der Waals surface area contributed by atoms with Crippen molar-refractivity contribution in [3.05, 3.63) is 66.2 Å². The van der Waals surface area contributed by atoms with Gasteiger partial charge in [-0.2, -0.15) is 0 Å². The van der Waals surface area contributed by atoms with Crippen LogP contribution in [0.3, 0.4) is 0 Å². The summed E-state index contributed by atoms with van der Waals surface area (Å²) in [6.45, 7) is -2.35. The van der Waals surface area contributed by atoms with Crippen molar-refractivity contribution in [2.75, 3.05) is 19.8 Å². The van der Waals surface area contributed by atoms with Gasteiger partial charge in [0.05, 0.1) is 25.9 Å². The molecule has 4 rings (SSSR count). The van der Waals surface area contributed by atoms with Crippen LogP contribution in [-0.4, -0.2) is 106 Å². The van der Waals surface area contributed by atoms with E-state index in [0.717, 1.165) is 33.7 Å². The lowest BCUT2D eigenvalue weighted by atomic mass is 9.93. The third kappa shape index (κ3) is 6.82. The van der Waals surface area contributed by atoms with Gasteiger partial charge in [-0.15, -0.1) is 0 Å². The molecule has 8 N–H and O–H groups in total. The van der Waals surface area contributed by atoms with Crippen LogP contribution in [0.4, 0.5) is 0 Å². The Hall–Kier alpha value is -2.81. The average Bonchev–Trinajstić information content (AvgIpc) is 3.38. The van der Waals surface area contributed by atoms with Crippen molar-refractivity contribution in [3.8, 4) is 0 Å². The van der Waals surface area contributed by atoms with Crippen molar-refractivity contribution < 1.29 is 53.5 Å². The van der Waals surface area contributed by atoms with Crippen molar-refractivity contribution in [2.45, 2.75) is 55.5 Å². The minimum Gasteiger partial charge on any atom is -0.394 e. The van der Waals surface area contributed by atoms with Crippen LogP contribution in [0, 0.1) is 5.92 Å². The third-order valence-electron chi connectivity index (χ3n) is 6.65. The Labute approximate surface area is 228 Å². The summed E-state index contributed by atoms with van der Waals surface area (Å²) in [7, 11) is -5.09. The Morgan fingerprint density at radius 3 is 2.02 bits per heavy atom. The van der Waals surface area contributed by atoms with Crippen LogP contribution < -0.4 is 22.5 Å². The molecule has 0 amide bonds. The summed E-state index contributed by atoms with van der Waals surface area (Å²) in [4.78, 5) is 61.6. The monoisotopic (exact) mass is 608 g/mol. The van der Waals surface area contributed by atoms with Gasteiger partial charge in [0.15, 0.2) is 6.23 Å². The zero-order valence-corrected chi connectivity index (χ0v) is 21.9. The van der Waals surface area contributed by atoms with E-state index in [9.17, 15) is 54.2 Å². The molecule has 2 fully saturated rings. The fraction of sp³-hybridized carbons (Fsp3) is 0.619. The molecule has 2 saturated heterocycles. The number of aromatic amines is 2. The van der Waals surface area contributed by atoms with Crippen LogP contribution in [0.25, 0.3) is 0 Å². The number of aromatic nitrogens is 4. The van der Waals surface area contributed by atoms with E-state index in [4.69, 9.17) is 18.5 Å². The minimum atomic E-state index is -5.09. The van der Waals surface area contributed by atoms with E-state index in [0.29, 0.717) is 0 Å². The second-order valence-electron chi connectivity index (χ2n) is 9.40. The normalized spacial score (nSPS) is 32.1. The van der Waals surface area contributed by atoms with E-state index in [-0.39, 0.29) is 6.42 Å². The Kier molecular flexibility index (Phi) is 9.56. The molecule has 0 saturated carbocycles. The number of nitrogens with zero attached hydrogens (tertiary/aromatic N) is 2. The summed E-state index contributed by atoms with van der Waals surface area (Å²) in [6.07, 6.45) is -10.2. The molecule has 0 aliphatic carbocycles. The maximum absolute atomic E-state index is 12.9. The van der Waals surface area contributed by atoms with Gasteiger partial charge >= 0.3 is 19.2 Å². The quantitative estimate of drug-likeness (QED) is 0.112. The van der Waals surface area contributed by atoms with Crippen LogP contribution in [0.1, 0.15) is 18.9 Å². The minimum absolute atomic E-state index is 0.347. The number of ether oxygens (including phenoxy) is 2. The van der Waals surface area contributed by atoms with Gasteiger partial charge in [-0.3, -0.25) is 37.7 Å². The number of phosphoric acid groups is 1. The first-order chi connectivity index (χ1) is 19.3. The van der Waals surface area contributed by atoms with Gasteiger partial charge in [0.1, 0.15) is 36.7 Å². The van der Waals surface area contributed by atoms with Gasteiger partial charge in [-0.1, -0.05) is 0 Å². The van der Waals surface area contributed by atoms with Crippen molar-refractivity contribution in [1.82, 2.24) is 19.1 Å². The lowest BCUT2D eigenvalue weighted by Gasteiger charge is -2.27. The van der Waals surface area contributed by atoms with Crippen LogP contribution in [-0.2, 0) is 23.1 Å². The molecule has 0 spiro atoms. The molecule has 0 aromatic carbocycles. The second kappa shape index (κ2) is 12.6. The number of rotatable bonds is 11. The lowest BCUT2D eigenvalue weighted by Crippen LogP contribution is -2.38. The smallest absolute Gasteiger partial charge is 0.394 e. The molecule has 10 atom stereocenters. The molecule has 2 aromatic heterocycles. The number of aliphatic hydroxyl groups excluding tert-OH is 5. The fourth-order valence-corrected chi connectivity index (χ4v) is 5.70. The third-order valence-corrected chi connectivity index (χ3v) is 7.63. The van der Waals surface area contributed by atoms with Gasteiger partial charge in [0.25, 0.3) is 11.1 Å². The summed E-state index contributed by atoms with van der Waals surface area (Å²) >= 11 is 0. The topological polar surface area (TPSA) is 285 Å². The van der Waals surface area contributed by atoms with Gasteiger partial charge < -0.3 is 39.9 Å². The van der Waals surface area contributed by atoms with E-state index in [1.54, 1.807) is 0 Å². The first kappa shape index (κ1) is 31.1. The number of hydrogen-bond acceptors (Lipinski definition) is 14. The van der Waals surface area contributed by atoms with Gasteiger partial charge in [-0.05, 0) is 6.42 Å². The number of nitrogens with one attached hydrogen (secondary N) is 2. The molecule has 228 valence electrons. The van der Waals surface area contributed by atoms with E-state index in [1.165, 1.54) is 0 Å². The first-order valence-electron chi connectivity index (χ1n) is 12.2. The summed E-state index contributed by atoms with van der Waals surface area (Å²) in [6, 6.07) is 1.98. The van der Waals surface area contributed by atoms with Gasteiger partial charge in [0.2, 0.25) is 0 Å². The Morgan fingerprint density at radius 1 is 0.927 bits per heavy atom. The first-order valence-corrected chi connectivity index (χ1v) is 13.7. The Bertz CT molecular complexity index is 1490. The number of aliphatic hydroxyl groups is 5. The van der Waals surface area contributed by atoms with Crippen LogP contribution in [0.2, 0.25) is 0 Å². The average molecular weight is 608 g/mol. The number of phosphoric ester groups is 1. The molecule has 2 unspecified atom stereocenters. The number of hydrogen-bond donors (Lipinski definition) is 8. The van der Waals surface area contributed by atoms with Crippen molar-refractivity contribution >= 4 is 7.82 Å². The summed E-state index contributed by atoms with van der Waals surface area (Å²) in [5.41, 5.74) is -3.30. The molecule has 19 nitrogen and oxygen atoms in total. The molecule has 2 aliphatic heterocycles. The molecule has 20 heteroatoms. The van der Waals surface area contributed by atoms with Gasteiger partial charge in [0, 0.05) is 30.4 Å². The zero-order chi connectivity index (χ0) is 30.1. The maximum atomic E-state index is 12.9.